The van der Waals surface area contributed by atoms with Gasteiger partial charge in [0.05, 0.1) is 4.92 Å². The van der Waals surface area contributed by atoms with Crippen molar-refractivity contribution in [3.63, 3.8) is 0 Å². The van der Waals surface area contributed by atoms with Gasteiger partial charge in [0.1, 0.15) is 6.54 Å². The summed E-state index contributed by atoms with van der Waals surface area (Å²) in [5.41, 5.74) is 0.244. The first-order valence-electron chi connectivity index (χ1n) is 10.3. The standard InChI is InChI=1S/C22H21N3O8/c26-19(24-15-6-7-17-18(11-15)33-22(32-17)8-1-2-9-22)13-31-20(27)12-23-21(28)14-4-3-5-16(10-14)25(29)30/h3-7,10-11H,1-2,8-9,12-13H2,(H,23,28)(H,24,26). The molecule has 1 saturated carbocycles. The molecule has 11 heteroatoms. The maximum Gasteiger partial charge on any atom is 0.325 e. The fourth-order valence-electron chi connectivity index (χ4n) is 3.70. The van der Waals surface area contributed by atoms with E-state index in [0.29, 0.717) is 17.2 Å². The molecule has 2 N–H and O–H groups in total. The average molecular weight is 455 g/mol. The molecule has 1 spiro atoms. The van der Waals surface area contributed by atoms with E-state index in [-0.39, 0.29) is 11.3 Å². The minimum atomic E-state index is -0.835. The minimum absolute atomic E-state index is 0.0249. The van der Waals surface area contributed by atoms with Gasteiger partial charge in [0, 0.05) is 42.3 Å². The molecule has 172 valence electrons. The van der Waals surface area contributed by atoms with Crippen LogP contribution in [0.15, 0.2) is 42.5 Å². The predicted octanol–water partition coefficient (Wildman–Crippen LogP) is 2.55. The zero-order chi connectivity index (χ0) is 23.4. The number of nitrogens with one attached hydrogen (secondary N) is 2. The van der Waals surface area contributed by atoms with E-state index in [4.69, 9.17) is 14.2 Å². The number of fused-ring (bicyclic) bond motifs is 1. The molecule has 0 bridgehead atoms. The number of carbonyl (C=O) groups excluding carboxylic acids is 3. The first kappa shape index (κ1) is 22.1. The highest BCUT2D eigenvalue weighted by molar-refractivity contribution is 5.97. The van der Waals surface area contributed by atoms with Gasteiger partial charge in [0.15, 0.2) is 18.1 Å². The monoisotopic (exact) mass is 455 g/mol. The number of benzene rings is 2. The number of rotatable bonds is 7. The fourth-order valence-corrected chi connectivity index (χ4v) is 3.70. The molecule has 1 aliphatic heterocycles. The second-order valence-electron chi connectivity index (χ2n) is 7.68. The zero-order valence-corrected chi connectivity index (χ0v) is 17.5. The van der Waals surface area contributed by atoms with E-state index in [1.54, 1.807) is 18.2 Å². The molecule has 0 saturated heterocycles. The molecular weight excluding hydrogens is 434 g/mol. The lowest BCUT2D eigenvalue weighted by molar-refractivity contribution is -0.384. The molecule has 0 radical (unpaired) electrons. The van der Waals surface area contributed by atoms with Crippen molar-refractivity contribution in [2.75, 3.05) is 18.5 Å². The topological polar surface area (TPSA) is 146 Å². The molecule has 11 nitrogen and oxygen atoms in total. The van der Waals surface area contributed by atoms with E-state index in [1.165, 1.54) is 18.2 Å². The van der Waals surface area contributed by atoms with E-state index in [9.17, 15) is 24.5 Å². The van der Waals surface area contributed by atoms with Crippen molar-refractivity contribution in [1.29, 1.82) is 0 Å². The van der Waals surface area contributed by atoms with Crippen LogP contribution in [0.4, 0.5) is 11.4 Å². The number of nitrogens with zero attached hydrogens (tertiary/aromatic N) is 1. The Labute approximate surface area is 188 Å². The minimum Gasteiger partial charge on any atom is -0.454 e. The number of nitro benzene ring substituents is 1. The lowest BCUT2D eigenvalue weighted by Crippen LogP contribution is -2.34. The number of nitro groups is 1. The highest BCUT2D eigenvalue weighted by atomic mass is 16.7. The Morgan fingerprint density at radius 2 is 1.82 bits per heavy atom. The summed E-state index contributed by atoms with van der Waals surface area (Å²) in [5.74, 6) is -1.51. The molecule has 2 aliphatic rings. The van der Waals surface area contributed by atoms with Gasteiger partial charge in [-0.15, -0.1) is 0 Å². The van der Waals surface area contributed by atoms with Crippen molar-refractivity contribution in [2.45, 2.75) is 31.5 Å². The third kappa shape index (κ3) is 5.20. The normalized spacial score (nSPS) is 15.2. The molecule has 33 heavy (non-hydrogen) atoms. The van der Waals surface area contributed by atoms with Crippen LogP contribution in [0.25, 0.3) is 0 Å². The molecular formula is C22H21N3O8. The van der Waals surface area contributed by atoms with Gasteiger partial charge in [-0.05, 0) is 31.0 Å². The second kappa shape index (κ2) is 9.15. The van der Waals surface area contributed by atoms with E-state index in [1.807, 2.05) is 0 Å². The molecule has 2 amide bonds. The highest BCUT2D eigenvalue weighted by Crippen LogP contribution is 2.47. The maximum absolute atomic E-state index is 12.1. The summed E-state index contributed by atoms with van der Waals surface area (Å²) >= 11 is 0. The number of esters is 1. The molecule has 1 fully saturated rings. The number of anilines is 1. The van der Waals surface area contributed by atoms with E-state index in [0.717, 1.165) is 31.7 Å². The van der Waals surface area contributed by atoms with Crippen LogP contribution in [0.2, 0.25) is 0 Å². The Balaban J connectivity index is 1.22. The Bertz CT molecular complexity index is 1110. The van der Waals surface area contributed by atoms with Gasteiger partial charge in [-0.1, -0.05) is 6.07 Å². The zero-order valence-electron chi connectivity index (χ0n) is 17.5. The summed E-state index contributed by atoms with van der Waals surface area (Å²) < 4.78 is 16.7. The molecule has 1 aliphatic carbocycles. The summed E-state index contributed by atoms with van der Waals surface area (Å²) in [6.45, 7) is -1.05. The third-order valence-corrected chi connectivity index (χ3v) is 5.26. The van der Waals surface area contributed by atoms with E-state index < -0.39 is 41.6 Å². The van der Waals surface area contributed by atoms with E-state index >= 15 is 0 Å². The molecule has 0 atom stereocenters. The quantitative estimate of drug-likeness (QED) is 0.368. The Morgan fingerprint density at radius 3 is 2.58 bits per heavy atom. The Morgan fingerprint density at radius 1 is 1.06 bits per heavy atom. The van der Waals surface area contributed by atoms with Crippen LogP contribution in [-0.4, -0.2) is 41.6 Å². The van der Waals surface area contributed by atoms with E-state index in [2.05, 4.69) is 10.6 Å². The van der Waals surface area contributed by atoms with Gasteiger partial charge in [0.25, 0.3) is 23.3 Å². The van der Waals surface area contributed by atoms with Gasteiger partial charge < -0.3 is 24.8 Å². The first-order valence-corrected chi connectivity index (χ1v) is 10.3. The van der Waals surface area contributed by atoms with Gasteiger partial charge in [-0.25, -0.2) is 0 Å². The first-order chi connectivity index (χ1) is 15.8. The summed E-state index contributed by atoms with van der Waals surface area (Å²) in [7, 11) is 0. The van der Waals surface area contributed by atoms with Crippen LogP contribution < -0.4 is 20.1 Å². The summed E-state index contributed by atoms with van der Waals surface area (Å²) in [4.78, 5) is 46.2. The molecule has 2 aromatic carbocycles. The fraction of sp³-hybridized carbons (Fsp3) is 0.318. The largest absolute Gasteiger partial charge is 0.454 e. The van der Waals surface area contributed by atoms with Crippen LogP contribution in [-0.2, 0) is 14.3 Å². The van der Waals surface area contributed by atoms with Crippen LogP contribution in [0.3, 0.4) is 0 Å². The van der Waals surface area contributed by atoms with Gasteiger partial charge in [-0.2, -0.15) is 0 Å². The lowest BCUT2D eigenvalue weighted by atomic mass is 10.2. The van der Waals surface area contributed by atoms with Crippen molar-refractivity contribution < 1.29 is 33.5 Å². The SMILES string of the molecule is O=C(COC(=O)CNC(=O)c1cccc([N+](=O)[O-])c1)Nc1ccc2c(c1)OC1(CCCC1)O2. The second-order valence-corrected chi connectivity index (χ2v) is 7.68. The molecule has 4 rings (SSSR count). The number of hydrogen-bond donors (Lipinski definition) is 2. The predicted molar refractivity (Wildman–Crippen MR) is 114 cm³/mol. The molecule has 0 aromatic heterocycles. The van der Waals surface area contributed by atoms with Crippen LogP contribution in [0.1, 0.15) is 36.0 Å². The summed E-state index contributed by atoms with van der Waals surface area (Å²) in [5, 5.41) is 15.7. The van der Waals surface area contributed by atoms with Gasteiger partial charge in [-0.3, -0.25) is 24.5 Å². The van der Waals surface area contributed by atoms with Crippen molar-refractivity contribution >= 4 is 29.2 Å². The maximum atomic E-state index is 12.1. The summed E-state index contributed by atoms with van der Waals surface area (Å²) in [6.07, 6.45) is 3.71. The molecule has 2 aromatic rings. The van der Waals surface area contributed by atoms with Crippen molar-refractivity contribution in [3.8, 4) is 11.5 Å². The number of hydrogen-bond acceptors (Lipinski definition) is 8. The van der Waals surface area contributed by atoms with Crippen molar-refractivity contribution in [1.82, 2.24) is 5.32 Å². The molecule has 0 unspecified atom stereocenters. The highest BCUT2D eigenvalue weighted by Gasteiger charge is 2.44. The van der Waals surface area contributed by atoms with Crippen LogP contribution >= 0.6 is 0 Å². The number of amides is 2. The smallest absolute Gasteiger partial charge is 0.325 e. The third-order valence-electron chi connectivity index (χ3n) is 5.26. The van der Waals surface area contributed by atoms with Gasteiger partial charge in [0.2, 0.25) is 0 Å². The van der Waals surface area contributed by atoms with Gasteiger partial charge >= 0.3 is 5.97 Å². The van der Waals surface area contributed by atoms with Crippen LogP contribution in [0, 0.1) is 10.1 Å². The number of carbonyl (C=O) groups is 3. The van der Waals surface area contributed by atoms with Crippen LogP contribution in [0.5, 0.6) is 11.5 Å². The Kier molecular flexibility index (Phi) is 6.11. The number of non-ortho nitro benzene ring substituents is 1. The van der Waals surface area contributed by atoms with Crippen molar-refractivity contribution in [2.24, 2.45) is 0 Å². The average Bonchev–Trinajstić information content (AvgIpc) is 3.41. The molecule has 1 heterocycles. The summed E-state index contributed by atoms with van der Waals surface area (Å²) in [6, 6.07) is 10.1. The number of ether oxygens (including phenoxy) is 3. The lowest BCUT2D eigenvalue weighted by Gasteiger charge is -2.21. The van der Waals surface area contributed by atoms with Crippen molar-refractivity contribution in [3.05, 3.63) is 58.1 Å². The Hall–Kier alpha value is -4.15.